The third kappa shape index (κ3) is 2.46. The molecule has 0 aromatic carbocycles. The first-order valence-electron chi connectivity index (χ1n) is 6.54. The van der Waals surface area contributed by atoms with Crippen LogP contribution in [0.25, 0.3) is 0 Å². The SMILES string of the molecule is CCCOCC(=O)C1CC2CCC(C1)N2C. The third-order valence-corrected chi connectivity index (χ3v) is 4.15. The van der Waals surface area contributed by atoms with Gasteiger partial charge >= 0.3 is 0 Å². The topological polar surface area (TPSA) is 29.5 Å². The molecule has 0 radical (unpaired) electrons. The predicted molar refractivity (Wildman–Crippen MR) is 63.4 cm³/mol. The molecule has 2 atom stereocenters. The van der Waals surface area contributed by atoms with Gasteiger partial charge in [0.05, 0.1) is 0 Å². The summed E-state index contributed by atoms with van der Waals surface area (Å²) in [4.78, 5) is 14.4. The Labute approximate surface area is 98.1 Å². The van der Waals surface area contributed by atoms with Gasteiger partial charge in [-0.15, -0.1) is 0 Å². The highest BCUT2D eigenvalue weighted by molar-refractivity contribution is 5.82. The lowest BCUT2D eigenvalue weighted by Gasteiger charge is -2.35. The summed E-state index contributed by atoms with van der Waals surface area (Å²) >= 11 is 0. The first kappa shape index (κ1) is 12.1. The Kier molecular flexibility index (Phi) is 3.98. The van der Waals surface area contributed by atoms with E-state index in [0.717, 1.165) is 19.3 Å². The van der Waals surface area contributed by atoms with Crippen LogP contribution in [0.15, 0.2) is 0 Å². The lowest BCUT2D eigenvalue weighted by molar-refractivity contribution is -0.129. The van der Waals surface area contributed by atoms with Crippen molar-refractivity contribution in [1.29, 1.82) is 0 Å². The molecule has 92 valence electrons. The average Bonchev–Trinajstić information content (AvgIpc) is 2.53. The summed E-state index contributed by atoms with van der Waals surface area (Å²) in [6, 6.07) is 1.30. The summed E-state index contributed by atoms with van der Waals surface area (Å²) in [5, 5.41) is 0. The Hall–Kier alpha value is -0.410. The number of carbonyl (C=O) groups excluding carboxylic acids is 1. The van der Waals surface area contributed by atoms with Gasteiger partial charge in [-0.05, 0) is 39.2 Å². The van der Waals surface area contributed by atoms with Crippen molar-refractivity contribution in [3.05, 3.63) is 0 Å². The number of nitrogens with zero attached hydrogens (tertiary/aromatic N) is 1. The minimum absolute atomic E-state index is 0.269. The molecule has 2 rings (SSSR count). The highest BCUT2D eigenvalue weighted by Crippen LogP contribution is 2.37. The molecule has 0 aromatic rings. The smallest absolute Gasteiger partial charge is 0.161 e. The van der Waals surface area contributed by atoms with E-state index in [1.165, 1.54) is 12.8 Å². The minimum atomic E-state index is 0.269. The summed E-state index contributed by atoms with van der Waals surface area (Å²) in [6.07, 6.45) is 5.66. The highest BCUT2D eigenvalue weighted by Gasteiger charge is 2.40. The van der Waals surface area contributed by atoms with Crippen LogP contribution >= 0.6 is 0 Å². The van der Waals surface area contributed by atoms with Crippen LogP contribution in [0.3, 0.4) is 0 Å². The largest absolute Gasteiger partial charge is 0.374 e. The Morgan fingerprint density at radius 3 is 2.50 bits per heavy atom. The molecular weight excluding hydrogens is 202 g/mol. The maximum atomic E-state index is 12.0. The van der Waals surface area contributed by atoms with E-state index in [9.17, 15) is 4.79 Å². The first-order chi connectivity index (χ1) is 7.72. The number of piperidine rings is 1. The van der Waals surface area contributed by atoms with Gasteiger partial charge in [0.2, 0.25) is 0 Å². The second-order valence-electron chi connectivity index (χ2n) is 5.24. The van der Waals surface area contributed by atoms with Gasteiger partial charge in [-0.1, -0.05) is 6.92 Å². The molecule has 0 saturated carbocycles. The van der Waals surface area contributed by atoms with Crippen LogP contribution in [-0.4, -0.2) is 43.0 Å². The van der Waals surface area contributed by atoms with Crippen LogP contribution < -0.4 is 0 Å². The molecule has 0 aliphatic carbocycles. The molecule has 16 heavy (non-hydrogen) atoms. The molecule has 3 nitrogen and oxygen atoms in total. The maximum absolute atomic E-state index is 12.0. The second kappa shape index (κ2) is 5.28. The number of Topliss-reactive ketones (excluding diaryl/α,β-unsaturated/α-hetero) is 1. The Balaban J connectivity index is 1.81. The standard InChI is InChI=1S/C13H23NO2/c1-3-6-16-9-13(15)10-7-11-4-5-12(8-10)14(11)2/h10-12H,3-9H2,1-2H3. The molecule has 2 aliphatic rings. The molecule has 2 aliphatic heterocycles. The van der Waals surface area contributed by atoms with E-state index < -0.39 is 0 Å². The number of hydrogen-bond donors (Lipinski definition) is 0. The predicted octanol–water partition coefficient (Wildman–Crippen LogP) is 1.85. The van der Waals surface area contributed by atoms with Crippen LogP contribution in [0.5, 0.6) is 0 Å². The van der Waals surface area contributed by atoms with E-state index in [1.807, 2.05) is 0 Å². The van der Waals surface area contributed by atoms with Gasteiger partial charge in [0.25, 0.3) is 0 Å². The lowest BCUT2D eigenvalue weighted by atomic mass is 9.88. The van der Waals surface area contributed by atoms with E-state index in [2.05, 4.69) is 18.9 Å². The van der Waals surface area contributed by atoms with Gasteiger partial charge in [0.1, 0.15) is 6.61 Å². The zero-order valence-electron chi connectivity index (χ0n) is 10.4. The fourth-order valence-corrected chi connectivity index (χ4v) is 3.11. The Morgan fingerprint density at radius 2 is 1.94 bits per heavy atom. The Morgan fingerprint density at radius 1 is 1.31 bits per heavy atom. The van der Waals surface area contributed by atoms with Gasteiger partial charge in [-0.3, -0.25) is 4.79 Å². The van der Waals surface area contributed by atoms with Crippen molar-refractivity contribution in [1.82, 2.24) is 4.90 Å². The first-order valence-corrected chi connectivity index (χ1v) is 6.54. The molecular formula is C13H23NO2. The minimum Gasteiger partial charge on any atom is -0.374 e. The van der Waals surface area contributed by atoms with Crippen molar-refractivity contribution in [3.8, 4) is 0 Å². The third-order valence-electron chi connectivity index (χ3n) is 4.15. The van der Waals surface area contributed by atoms with Crippen molar-refractivity contribution >= 4 is 5.78 Å². The van der Waals surface area contributed by atoms with E-state index in [0.29, 0.717) is 31.1 Å². The quantitative estimate of drug-likeness (QED) is 0.669. The molecule has 2 bridgehead atoms. The Bertz CT molecular complexity index is 240. The zero-order valence-corrected chi connectivity index (χ0v) is 10.4. The van der Waals surface area contributed by atoms with Gasteiger partial charge in [0, 0.05) is 24.6 Å². The van der Waals surface area contributed by atoms with Crippen molar-refractivity contribution in [2.75, 3.05) is 20.3 Å². The van der Waals surface area contributed by atoms with Crippen LogP contribution in [0.4, 0.5) is 0 Å². The van der Waals surface area contributed by atoms with E-state index >= 15 is 0 Å². The van der Waals surface area contributed by atoms with E-state index in [1.54, 1.807) is 0 Å². The van der Waals surface area contributed by atoms with Crippen molar-refractivity contribution in [3.63, 3.8) is 0 Å². The average molecular weight is 225 g/mol. The molecule has 3 heteroatoms. The number of ketones is 1. The molecule has 2 fully saturated rings. The highest BCUT2D eigenvalue weighted by atomic mass is 16.5. The zero-order chi connectivity index (χ0) is 11.5. The van der Waals surface area contributed by atoms with Crippen LogP contribution in [-0.2, 0) is 9.53 Å². The van der Waals surface area contributed by atoms with Crippen LogP contribution in [0.1, 0.15) is 39.0 Å². The fourth-order valence-electron chi connectivity index (χ4n) is 3.11. The van der Waals surface area contributed by atoms with Crippen LogP contribution in [0, 0.1) is 5.92 Å². The normalized spacial score (nSPS) is 34.2. The molecule has 2 unspecified atom stereocenters. The molecule has 0 amide bonds. The molecule has 0 spiro atoms. The van der Waals surface area contributed by atoms with Gasteiger partial charge in [-0.25, -0.2) is 0 Å². The summed E-state index contributed by atoms with van der Waals surface area (Å²) in [5.74, 6) is 0.601. The van der Waals surface area contributed by atoms with Gasteiger partial charge in [0.15, 0.2) is 5.78 Å². The van der Waals surface area contributed by atoms with Gasteiger partial charge < -0.3 is 9.64 Å². The summed E-state index contributed by atoms with van der Waals surface area (Å²) in [6.45, 7) is 3.12. The summed E-state index contributed by atoms with van der Waals surface area (Å²) in [5.41, 5.74) is 0. The van der Waals surface area contributed by atoms with E-state index in [-0.39, 0.29) is 5.92 Å². The summed E-state index contributed by atoms with van der Waals surface area (Å²) in [7, 11) is 2.20. The van der Waals surface area contributed by atoms with Crippen molar-refractivity contribution in [2.24, 2.45) is 5.92 Å². The fraction of sp³-hybridized carbons (Fsp3) is 0.923. The maximum Gasteiger partial charge on any atom is 0.161 e. The number of ether oxygens (including phenoxy) is 1. The number of fused-ring (bicyclic) bond motifs is 2. The van der Waals surface area contributed by atoms with Crippen molar-refractivity contribution < 1.29 is 9.53 Å². The number of carbonyl (C=O) groups is 1. The van der Waals surface area contributed by atoms with Crippen LogP contribution in [0.2, 0.25) is 0 Å². The molecule has 0 aromatic heterocycles. The molecule has 2 saturated heterocycles. The molecule has 0 N–H and O–H groups in total. The second-order valence-corrected chi connectivity index (χ2v) is 5.24. The summed E-state index contributed by atoms with van der Waals surface area (Å²) < 4.78 is 5.35. The molecule has 2 heterocycles. The van der Waals surface area contributed by atoms with E-state index in [4.69, 9.17) is 4.74 Å². The monoisotopic (exact) mass is 225 g/mol. The lowest BCUT2D eigenvalue weighted by Crippen LogP contribution is -2.42. The number of hydrogen-bond acceptors (Lipinski definition) is 3. The number of rotatable bonds is 5. The van der Waals surface area contributed by atoms with Gasteiger partial charge in [-0.2, -0.15) is 0 Å². The van der Waals surface area contributed by atoms with Crippen molar-refractivity contribution in [2.45, 2.75) is 51.1 Å².